The second-order valence-electron chi connectivity index (χ2n) is 5.92. The predicted octanol–water partition coefficient (Wildman–Crippen LogP) is 1.55. The summed E-state index contributed by atoms with van der Waals surface area (Å²) in [6.45, 7) is 2.31. The Bertz CT molecular complexity index is 685. The molecule has 1 aromatic rings. The van der Waals surface area contributed by atoms with Gasteiger partial charge in [0.15, 0.2) is 5.78 Å². The van der Waals surface area contributed by atoms with Crippen LogP contribution in [0, 0.1) is 11.8 Å². The van der Waals surface area contributed by atoms with Crippen molar-refractivity contribution < 1.29 is 23.9 Å². The Hall–Kier alpha value is -2.21. The quantitative estimate of drug-likeness (QED) is 0.787. The molecule has 3 heterocycles. The molecular formula is C16H15NO5. The summed E-state index contributed by atoms with van der Waals surface area (Å²) in [7, 11) is 0. The Labute approximate surface area is 127 Å². The molecule has 3 aliphatic heterocycles. The molecule has 22 heavy (non-hydrogen) atoms. The third-order valence-electron chi connectivity index (χ3n) is 4.77. The van der Waals surface area contributed by atoms with Crippen molar-refractivity contribution in [3.05, 3.63) is 35.4 Å². The lowest BCUT2D eigenvalue weighted by molar-refractivity contribution is -0.134. The van der Waals surface area contributed by atoms with Crippen LogP contribution in [0.3, 0.4) is 0 Å². The number of Topliss-reactive ketones (excluding diaryl/α,β-unsaturated/α-hetero) is 1. The molecule has 2 fully saturated rings. The van der Waals surface area contributed by atoms with Crippen molar-refractivity contribution in [3.8, 4) is 0 Å². The third kappa shape index (κ3) is 1.67. The van der Waals surface area contributed by atoms with Crippen molar-refractivity contribution in [3.63, 3.8) is 0 Å². The van der Waals surface area contributed by atoms with Crippen LogP contribution in [0.1, 0.15) is 28.9 Å². The van der Waals surface area contributed by atoms with E-state index in [-0.39, 0.29) is 30.8 Å². The maximum Gasteiger partial charge on any atom is 0.416 e. The van der Waals surface area contributed by atoms with E-state index in [2.05, 4.69) is 0 Å². The zero-order valence-corrected chi connectivity index (χ0v) is 12.0. The van der Waals surface area contributed by atoms with Gasteiger partial charge in [0.25, 0.3) is 0 Å². The molecule has 0 saturated carbocycles. The number of hydrogen-bond donors (Lipinski definition) is 0. The van der Waals surface area contributed by atoms with Crippen LogP contribution in [0.4, 0.5) is 4.79 Å². The molecule has 2 bridgehead atoms. The fourth-order valence-electron chi connectivity index (χ4n) is 3.65. The maximum absolute atomic E-state index is 12.8. The number of ether oxygens (including phenoxy) is 2. The monoisotopic (exact) mass is 301 g/mol. The first kappa shape index (κ1) is 13.5. The molecule has 0 aliphatic carbocycles. The minimum absolute atomic E-state index is 0.0846. The standard InChI is InChI=1S/C16H15NO5/c1-8-11(15(19)17-6-7-21-16(17)20)14-10-5-3-2-4-9(10)12(18)13(8)22-14/h2-5,8,11,13-14H,6-7H2,1H3/t8-,11-,13-,14-/m1/s1. The van der Waals surface area contributed by atoms with E-state index in [0.29, 0.717) is 5.56 Å². The van der Waals surface area contributed by atoms with Gasteiger partial charge in [0.05, 0.1) is 18.6 Å². The average Bonchev–Trinajstić information content (AvgIpc) is 3.07. The normalized spacial score (nSPS) is 32.9. The van der Waals surface area contributed by atoms with Crippen LogP contribution in [-0.2, 0) is 14.3 Å². The summed E-state index contributed by atoms with van der Waals surface area (Å²) < 4.78 is 10.7. The van der Waals surface area contributed by atoms with Crippen molar-refractivity contribution in [2.24, 2.45) is 11.8 Å². The Kier molecular flexibility index (Phi) is 2.84. The average molecular weight is 301 g/mol. The Balaban J connectivity index is 1.74. The molecule has 0 aromatic heterocycles. The first-order chi connectivity index (χ1) is 10.6. The van der Waals surface area contributed by atoms with Crippen LogP contribution in [0.25, 0.3) is 0 Å². The van der Waals surface area contributed by atoms with Crippen LogP contribution >= 0.6 is 0 Å². The molecule has 2 saturated heterocycles. The van der Waals surface area contributed by atoms with Gasteiger partial charge in [-0.1, -0.05) is 31.2 Å². The molecule has 6 nitrogen and oxygen atoms in total. The lowest BCUT2D eigenvalue weighted by Crippen LogP contribution is -2.40. The van der Waals surface area contributed by atoms with E-state index >= 15 is 0 Å². The van der Waals surface area contributed by atoms with E-state index in [1.807, 2.05) is 19.1 Å². The predicted molar refractivity (Wildman–Crippen MR) is 74.1 cm³/mol. The number of fused-ring (bicyclic) bond motifs is 4. The summed E-state index contributed by atoms with van der Waals surface area (Å²) in [6.07, 6.45) is -1.71. The van der Waals surface area contributed by atoms with Crippen LogP contribution in [-0.4, -0.2) is 41.9 Å². The number of rotatable bonds is 1. The molecule has 6 heteroatoms. The molecule has 0 radical (unpaired) electrons. The Morgan fingerprint density at radius 3 is 2.73 bits per heavy atom. The highest BCUT2D eigenvalue weighted by molar-refractivity contribution is 6.04. The van der Waals surface area contributed by atoms with Gasteiger partial charge in [0.2, 0.25) is 5.91 Å². The van der Waals surface area contributed by atoms with Gasteiger partial charge < -0.3 is 9.47 Å². The number of cyclic esters (lactones) is 1. The van der Waals surface area contributed by atoms with Gasteiger partial charge in [0, 0.05) is 11.5 Å². The first-order valence-electron chi connectivity index (χ1n) is 7.36. The summed E-state index contributed by atoms with van der Waals surface area (Å²) in [5.74, 6) is -1.21. The number of carbonyl (C=O) groups excluding carboxylic acids is 3. The topological polar surface area (TPSA) is 72.9 Å². The second-order valence-corrected chi connectivity index (χ2v) is 5.92. The molecule has 4 atom stereocenters. The lowest BCUT2D eigenvalue weighted by atomic mass is 9.87. The minimum atomic E-state index is -0.618. The second kappa shape index (κ2) is 4.64. The summed E-state index contributed by atoms with van der Waals surface area (Å²) in [5, 5.41) is 0. The van der Waals surface area contributed by atoms with Crippen molar-refractivity contribution in [1.29, 1.82) is 0 Å². The van der Waals surface area contributed by atoms with Crippen LogP contribution in [0.2, 0.25) is 0 Å². The third-order valence-corrected chi connectivity index (χ3v) is 4.77. The van der Waals surface area contributed by atoms with Gasteiger partial charge in [-0.05, 0) is 5.56 Å². The maximum atomic E-state index is 12.8. The molecular weight excluding hydrogens is 286 g/mol. The molecule has 114 valence electrons. The SMILES string of the molecule is C[C@@H]1[C@@H](C(=O)N2CCOC2=O)[C@@H]2O[C@H]1C(=O)c1ccccc12. The summed E-state index contributed by atoms with van der Waals surface area (Å²) >= 11 is 0. The number of hydrogen-bond acceptors (Lipinski definition) is 5. The van der Waals surface area contributed by atoms with Gasteiger partial charge in [-0.25, -0.2) is 9.69 Å². The molecule has 2 amide bonds. The number of benzene rings is 1. The van der Waals surface area contributed by atoms with Gasteiger partial charge in [0.1, 0.15) is 12.7 Å². The van der Waals surface area contributed by atoms with E-state index < -0.39 is 24.2 Å². The van der Waals surface area contributed by atoms with Gasteiger partial charge in [-0.2, -0.15) is 0 Å². The van der Waals surface area contributed by atoms with Crippen LogP contribution in [0.15, 0.2) is 24.3 Å². The van der Waals surface area contributed by atoms with Crippen molar-refractivity contribution in [2.45, 2.75) is 19.1 Å². The highest BCUT2D eigenvalue weighted by atomic mass is 16.6. The van der Waals surface area contributed by atoms with Crippen LogP contribution < -0.4 is 0 Å². The first-order valence-corrected chi connectivity index (χ1v) is 7.36. The number of imide groups is 1. The van der Waals surface area contributed by atoms with E-state index in [0.717, 1.165) is 10.5 Å². The Morgan fingerprint density at radius 1 is 1.23 bits per heavy atom. The number of nitrogens with zero attached hydrogens (tertiary/aromatic N) is 1. The molecule has 0 N–H and O–H groups in total. The van der Waals surface area contributed by atoms with Gasteiger partial charge in [-0.15, -0.1) is 0 Å². The fraction of sp³-hybridized carbons (Fsp3) is 0.438. The van der Waals surface area contributed by atoms with E-state index in [9.17, 15) is 14.4 Å². The molecule has 0 unspecified atom stereocenters. The molecule has 3 aliphatic rings. The molecule has 1 aromatic carbocycles. The largest absolute Gasteiger partial charge is 0.447 e. The van der Waals surface area contributed by atoms with Crippen LogP contribution in [0.5, 0.6) is 0 Å². The van der Waals surface area contributed by atoms with E-state index in [1.165, 1.54) is 0 Å². The smallest absolute Gasteiger partial charge is 0.416 e. The molecule has 4 rings (SSSR count). The number of ketones is 1. The lowest BCUT2D eigenvalue weighted by Gasteiger charge is -2.25. The zero-order chi connectivity index (χ0) is 15.4. The minimum Gasteiger partial charge on any atom is -0.447 e. The Morgan fingerprint density at radius 2 is 2.00 bits per heavy atom. The van der Waals surface area contributed by atoms with E-state index in [4.69, 9.17) is 9.47 Å². The van der Waals surface area contributed by atoms with Crippen molar-refractivity contribution in [2.75, 3.05) is 13.2 Å². The van der Waals surface area contributed by atoms with Gasteiger partial charge in [-0.3, -0.25) is 9.59 Å². The van der Waals surface area contributed by atoms with Crippen molar-refractivity contribution >= 4 is 17.8 Å². The summed E-state index contributed by atoms with van der Waals surface area (Å²) in [5.41, 5.74) is 1.36. The van der Waals surface area contributed by atoms with E-state index in [1.54, 1.807) is 12.1 Å². The number of amides is 2. The fourth-order valence-corrected chi connectivity index (χ4v) is 3.65. The molecule has 0 spiro atoms. The van der Waals surface area contributed by atoms with Crippen molar-refractivity contribution in [1.82, 2.24) is 4.90 Å². The zero-order valence-electron chi connectivity index (χ0n) is 12.0. The summed E-state index contributed by atoms with van der Waals surface area (Å²) in [4.78, 5) is 38.0. The number of carbonyl (C=O) groups is 3. The van der Waals surface area contributed by atoms with Gasteiger partial charge >= 0.3 is 6.09 Å². The summed E-state index contributed by atoms with van der Waals surface area (Å²) in [6, 6.07) is 7.21. The highest BCUT2D eigenvalue weighted by Gasteiger charge is 2.55. The highest BCUT2D eigenvalue weighted by Crippen LogP contribution is 2.48.